The molecule has 1 saturated heterocycles. The third kappa shape index (κ3) is 3.74. The first-order valence-electron chi connectivity index (χ1n) is 7.48. The third-order valence-electron chi connectivity index (χ3n) is 4.71. The van der Waals surface area contributed by atoms with Gasteiger partial charge >= 0.3 is 5.97 Å². The van der Waals surface area contributed by atoms with E-state index in [1.807, 2.05) is 6.07 Å². The van der Waals surface area contributed by atoms with E-state index in [0.29, 0.717) is 5.92 Å². The van der Waals surface area contributed by atoms with Crippen molar-refractivity contribution in [1.29, 1.82) is 0 Å². The van der Waals surface area contributed by atoms with Crippen molar-refractivity contribution in [3.8, 4) is 0 Å². The third-order valence-corrected chi connectivity index (χ3v) is 8.38. The Balaban J connectivity index is 1.74. The summed E-state index contributed by atoms with van der Waals surface area (Å²) < 4.78 is 9.23. The highest BCUT2D eigenvalue weighted by atomic mass is 127. The molecule has 22 heavy (non-hydrogen) atoms. The largest absolute Gasteiger partial charge is 0.455 e. The van der Waals surface area contributed by atoms with E-state index in [1.165, 1.54) is 0 Å². The minimum atomic E-state index is -0.172. The number of likely N-dealkylation sites (tertiary alicyclic amines) is 1. The molecule has 1 saturated carbocycles. The minimum absolute atomic E-state index is 0.141. The van der Waals surface area contributed by atoms with E-state index in [-0.39, 0.29) is 11.6 Å². The summed E-state index contributed by atoms with van der Waals surface area (Å²) in [7, 11) is 2.16. The first-order valence-corrected chi connectivity index (χ1v) is 10.7. The number of rotatable bonds is 3. The van der Waals surface area contributed by atoms with Crippen molar-refractivity contribution in [2.45, 2.75) is 31.3 Å². The number of halogens is 3. The van der Waals surface area contributed by atoms with Crippen LogP contribution in [0.2, 0.25) is 0 Å². The van der Waals surface area contributed by atoms with E-state index in [4.69, 9.17) is 4.74 Å². The Morgan fingerprint density at radius 3 is 2.45 bits per heavy atom. The van der Waals surface area contributed by atoms with Crippen LogP contribution in [-0.4, -0.2) is 36.6 Å². The van der Waals surface area contributed by atoms with Crippen LogP contribution in [0.3, 0.4) is 0 Å². The number of ether oxygens (including phenoxy) is 1. The molecule has 0 unspecified atom stereocenters. The highest BCUT2D eigenvalue weighted by molar-refractivity contribution is 14.1. The van der Waals surface area contributed by atoms with Crippen molar-refractivity contribution in [2.75, 3.05) is 20.1 Å². The Bertz CT molecular complexity index is 593. The average molecular weight is 637 g/mol. The van der Waals surface area contributed by atoms with Gasteiger partial charge in [0.05, 0.1) is 5.56 Å². The molecule has 2 fully saturated rings. The van der Waals surface area contributed by atoms with Crippen LogP contribution in [0.15, 0.2) is 12.1 Å². The van der Waals surface area contributed by atoms with Gasteiger partial charge < -0.3 is 9.64 Å². The summed E-state index contributed by atoms with van der Waals surface area (Å²) in [5, 5.41) is 0. The van der Waals surface area contributed by atoms with Gasteiger partial charge in [-0.1, -0.05) is 0 Å². The molecule has 1 aromatic rings. The minimum Gasteiger partial charge on any atom is -0.455 e. The van der Waals surface area contributed by atoms with E-state index in [2.05, 4.69) is 85.8 Å². The monoisotopic (exact) mass is 637 g/mol. The molecule has 3 rings (SSSR count). The van der Waals surface area contributed by atoms with Crippen LogP contribution in [0.25, 0.3) is 0 Å². The summed E-state index contributed by atoms with van der Waals surface area (Å²) in [5.74, 6) is 0.393. The van der Waals surface area contributed by atoms with E-state index in [9.17, 15) is 4.79 Å². The smallest absolute Gasteiger partial charge is 0.339 e. The number of carbonyl (C=O) groups excluding carboxylic acids is 1. The molecule has 0 spiro atoms. The Morgan fingerprint density at radius 2 is 1.86 bits per heavy atom. The summed E-state index contributed by atoms with van der Waals surface area (Å²) in [6, 6.07) is 4.03. The van der Waals surface area contributed by atoms with Gasteiger partial charge in [-0.3, -0.25) is 0 Å². The average Bonchev–Trinajstić information content (AvgIpc) is 3.24. The van der Waals surface area contributed by atoms with Crippen molar-refractivity contribution >= 4 is 73.7 Å². The highest BCUT2D eigenvalue weighted by Crippen LogP contribution is 2.50. The zero-order valence-corrected chi connectivity index (χ0v) is 18.8. The number of hydrogen-bond donors (Lipinski definition) is 0. The molecule has 120 valence electrons. The van der Waals surface area contributed by atoms with Crippen LogP contribution in [0.5, 0.6) is 0 Å². The molecule has 1 aromatic carbocycles. The number of esters is 1. The first kappa shape index (κ1) is 17.7. The predicted octanol–water partition coefficient (Wildman–Crippen LogP) is 4.53. The Labute approximate surface area is 172 Å². The number of nitrogens with zero attached hydrogens (tertiary/aromatic N) is 1. The van der Waals surface area contributed by atoms with Crippen LogP contribution >= 0.6 is 67.8 Å². The fourth-order valence-corrected chi connectivity index (χ4v) is 5.57. The lowest BCUT2D eigenvalue weighted by molar-refractivity contribution is -0.00939. The van der Waals surface area contributed by atoms with Crippen molar-refractivity contribution in [3.63, 3.8) is 0 Å². The maximum atomic E-state index is 12.7. The SMILES string of the molecule is CN1CCC(C2(OC(=O)c3cc(I)cc(I)c3I)CC2)CC1. The molecule has 1 heterocycles. The highest BCUT2D eigenvalue weighted by Gasteiger charge is 2.53. The van der Waals surface area contributed by atoms with Crippen LogP contribution in [-0.2, 0) is 4.74 Å². The molecule has 0 aromatic heterocycles. The summed E-state index contributed by atoms with van der Waals surface area (Å²) in [5.41, 5.74) is 0.546. The standard InChI is InChI=1S/C16H18I3NO2/c1-20-6-2-10(3-7-20)16(4-5-16)22-15(21)12-8-11(17)9-13(18)14(12)19/h8-10H,2-7H2,1H3. The van der Waals surface area contributed by atoms with Gasteiger partial charge in [-0.15, -0.1) is 0 Å². The molecule has 1 aliphatic heterocycles. The molecule has 2 aliphatic rings. The second kappa shape index (κ2) is 6.99. The van der Waals surface area contributed by atoms with Gasteiger partial charge in [0, 0.05) is 16.6 Å². The summed E-state index contributed by atoms with van der Waals surface area (Å²) in [4.78, 5) is 15.0. The van der Waals surface area contributed by atoms with E-state index in [1.54, 1.807) is 0 Å². The molecule has 0 N–H and O–H groups in total. The second-order valence-electron chi connectivity index (χ2n) is 6.28. The molecule has 0 atom stereocenters. The van der Waals surface area contributed by atoms with Crippen molar-refractivity contribution in [3.05, 3.63) is 28.4 Å². The molecule has 0 radical (unpaired) electrons. The zero-order valence-electron chi connectivity index (χ0n) is 12.4. The normalized spacial score (nSPS) is 21.6. The second-order valence-corrected chi connectivity index (χ2v) is 9.77. The fourth-order valence-electron chi connectivity index (χ4n) is 3.20. The Morgan fingerprint density at radius 1 is 1.23 bits per heavy atom. The van der Waals surface area contributed by atoms with Crippen molar-refractivity contribution in [1.82, 2.24) is 4.90 Å². The molecular formula is C16H18I3NO2. The first-order chi connectivity index (χ1) is 10.4. The number of benzene rings is 1. The predicted molar refractivity (Wildman–Crippen MR) is 112 cm³/mol. The lowest BCUT2D eigenvalue weighted by Gasteiger charge is -2.34. The summed E-state index contributed by atoms with van der Waals surface area (Å²) in [6.45, 7) is 2.23. The maximum absolute atomic E-state index is 12.7. The molecule has 1 aliphatic carbocycles. The van der Waals surface area contributed by atoms with Crippen LogP contribution in [0.1, 0.15) is 36.0 Å². The molecule has 3 nitrogen and oxygen atoms in total. The summed E-state index contributed by atoms with van der Waals surface area (Å²) in [6.07, 6.45) is 4.35. The van der Waals surface area contributed by atoms with Gasteiger partial charge in [0.2, 0.25) is 0 Å². The zero-order chi connectivity index (χ0) is 15.9. The van der Waals surface area contributed by atoms with E-state index >= 15 is 0 Å². The summed E-state index contributed by atoms with van der Waals surface area (Å²) >= 11 is 6.79. The van der Waals surface area contributed by atoms with Gasteiger partial charge in [0.1, 0.15) is 5.60 Å². The van der Waals surface area contributed by atoms with Gasteiger partial charge in [-0.05, 0) is 126 Å². The maximum Gasteiger partial charge on any atom is 0.339 e. The van der Waals surface area contributed by atoms with Gasteiger partial charge in [0.15, 0.2) is 0 Å². The Kier molecular flexibility index (Phi) is 5.61. The van der Waals surface area contributed by atoms with Gasteiger partial charge in [0.25, 0.3) is 0 Å². The lowest BCUT2D eigenvalue weighted by atomic mass is 9.89. The van der Waals surface area contributed by atoms with Gasteiger partial charge in [-0.2, -0.15) is 0 Å². The Hall–Kier alpha value is 0.840. The number of hydrogen-bond acceptors (Lipinski definition) is 3. The van der Waals surface area contributed by atoms with E-state index < -0.39 is 0 Å². The molecular weight excluding hydrogens is 619 g/mol. The molecule has 0 amide bonds. The quantitative estimate of drug-likeness (QED) is 0.278. The number of carbonyl (C=O) groups is 1. The number of piperidine rings is 1. The van der Waals surface area contributed by atoms with Crippen molar-refractivity contribution < 1.29 is 9.53 Å². The van der Waals surface area contributed by atoms with E-state index in [0.717, 1.165) is 55.0 Å². The molecule has 6 heteroatoms. The van der Waals surface area contributed by atoms with Crippen LogP contribution < -0.4 is 0 Å². The van der Waals surface area contributed by atoms with Crippen LogP contribution in [0.4, 0.5) is 0 Å². The topological polar surface area (TPSA) is 29.5 Å². The lowest BCUT2D eigenvalue weighted by Crippen LogP contribution is -2.38. The van der Waals surface area contributed by atoms with Crippen LogP contribution in [0, 0.1) is 16.6 Å². The van der Waals surface area contributed by atoms with Crippen molar-refractivity contribution in [2.24, 2.45) is 5.92 Å². The van der Waals surface area contributed by atoms with Gasteiger partial charge in [-0.25, -0.2) is 4.79 Å². The molecule has 0 bridgehead atoms. The fraction of sp³-hybridized carbons (Fsp3) is 0.562.